The predicted molar refractivity (Wildman–Crippen MR) is 136 cm³/mol. The Bertz CT molecular complexity index is 1440. The number of amides is 2. The van der Waals surface area contributed by atoms with Gasteiger partial charge in [-0.1, -0.05) is 0 Å². The molecule has 0 radical (unpaired) electrons. The van der Waals surface area contributed by atoms with Gasteiger partial charge >= 0.3 is 36.7 Å². The van der Waals surface area contributed by atoms with Gasteiger partial charge in [-0.3, -0.25) is 14.6 Å². The molecule has 0 bridgehead atoms. The van der Waals surface area contributed by atoms with Crippen molar-refractivity contribution >= 4 is 23.8 Å². The number of carbonyl (C=O) groups is 3. The summed E-state index contributed by atoms with van der Waals surface area (Å²) in [6, 6.07) is -0.0945. The Morgan fingerprint density at radius 1 is 0.889 bits per heavy atom. The topological polar surface area (TPSA) is 96.4 Å². The van der Waals surface area contributed by atoms with Crippen LogP contribution in [-0.2, 0) is 39.3 Å². The summed E-state index contributed by atoms with van der Waals surface area (Å²) in [6.45, 7) is 0.552. The summed E-state index contributed by atoms with van der Waals surface area (Å²) in [4.78, 5) is 39.3. The van der Waals surface area contributed by atoms with Crippen molar-refractivity contribution in [3.8, 4) is 0 Å². The zero-order valence-corrected chi connectivity index (χ0v) is 23.4. The number of anilines is 1. The molecule has 4 atom stereocenters. The highest BCUT2D eigenvalue weighted by atomic mass is 19.4. The second-order valence-electron chi connectivity index (χ2n) is 10.5. The number of carboxylic acid groups (broad SMARTS) is 1. The maximum atomic E-state index is 13.8. The number of esters is 1. The van der Waals surface area contributed by atoms with Gasteiger partial charge in [-0.2, -0.15) is 39.5 Å². The van der Waals surface area contributed by atoms with Crippen molar-refractivity contribution in [1.82, 2.24) is 4.90 Å². The normalized spacial score (nSPS) is 21.5. The number of ether oxygens (including phenoxy) is 2. The number of nitrogens with zero attached hydrogens (tertiary/aromatic N) is 2. The zero-order chi connectivity index (χ0) is 33.6. The van der Waals surface area contributed by atoms with E-state index in [1.807, 2.05) is 0 Å². The fourth-order valence-electron chi connectivity index (χ4n) is 5.65. The predicted octanol–water partition coefficient (Wildman–Crippen LogP) is 7.51. The lowest BCUT2D eigenvalue weighted by molar-refractivity contribution is -0.145. The second kappa shape index (κ2) is 12.0. The molecule has 1 aliphatic heterocycles. The minimum Gasteiger partial charge on any atom is -0.466 e. The van der Waals surface area contributed by atoms with Crippen molar-refractivity contribution in [2.24, 2.45) is 11.8 Å². The molecule has 4 unspecified atom stereocenters. The van der Waals surface area contributed by atoms with Crippen LogP contribution in [0.3, 0.4) is 0 Å². The van der Waals surface area contributed by atoms with E-state index in [1.54, 1.807) is 0 Å². The van der Waals surface area contributed by atoms with E-state index in [4.69, 9.17) is 9.47 Å². The summed E-state index contributed by atoms with van der Waals surface area (Å²) in [5.74, 6) is -2.17. The maximum Gasteiger partial charge on any atom is 0.416 e. The molecule has 0 aromatic heterocycles. The van der Waals surface area contributed by atoms with Crippen LogP contribution in [0, 0.1) is 11.8 Å². The maximum absolute atomic E-state index is 13.8. The molecule has 0 spiro atoms. The van der Waals surface area contributed by atoms with E-state index >= 15 is 0 Å². The summed E-state index contributed by atoms with van der Waals surface area (Å²) < 4.78 is 132. The van der Waals surface area contributed by atoms with Crippen molar-refractivity contribution in [2.75, 3.05) is 18.6 Å². The van der Waals surface area contributed by atoms with Crippen molar-refractivity contribution < 1.29 is 68.5 Å². The van der Waals surface area contributed by atoms with Crippen LogP contribution in [0.2, 0.25) is 0 Å². The first kappa shape index (κ1) is 33.7. The third kappa shape index (κ3) is 7.06. The molecule has 2 aromatic rings. The molecule has 1 aliphatic carbocycles. The number of hydrogen-bond acceptors (Lipinski definition) is 5. The number of benzene rings is 2. The number of fused-ring (bicyclic) bond motifs is 1. The highest BCUT2D eigenvalue weighted by Gasteiger charge is 2.55. The van der Waals surface area contributed by atoms with E-state index in [-0.39, 0.29) is 24.8 Å². The van der Waals surface area contributed by atoms with E-state index in [2.05, 4.69) is 0 Å². The van der Waals surface area contributed by atoms with Crippen molar-refractivity contribution in [3.05, 3.63) is 64.2 Å². The van der Waals surface area contributed by atoms with Crippen LogP contribution < -0.4 is 4.90 Å². The van der Waals surface area contributed by atoms with Crippen molar-refractivity contribution in [3.63, 3.8) is 0 Å². The lowest BCUT2D eigenvalue weighted by Crippen LogP contribution is -2.49. The van der Waals surface area contributed by atoms with Gasteiger partial charge in [0.15, 0.2) is 0 Å². The Kier molecular flexibility index (Phi) is 8.96. The number of halogens is 9. The van der Waals surface area contributed by atoms with Gasteiger partial charge in [-0.25, -0.2) is 9.59 Å². The standard InChI is InChI=1S/C28H25F9N2O6/c1-3-45-23(40)18-10-17(18)22-11-21(19-9-14(26(29,30)31)4-5-20(19)39(22)24(41)42)38(25(43)44-2)12-13-6-15(27(32,33)34)8-16(7-13)28(35,36)37/h4-9,17-18,21-22H,3,10-12H2,1-2H3,(H,41,42). The summed E-state index contributed by atoms with van der Waals surface area (Å²) >= 11 is 0. The third-order valence-corrected chi connectivity index (χ3v) is 7.68. The van der Waals surface area contributed by atoms with Crippen LogP contribution in [0.25, 0.3) is 0 Å². The van der Waals surface area contributed by atoms with E-state index in [0.717, 1.165) is 18.1 Å². The van der Waals surface area contributed by atoms with E-state index in [0.29, 0.717) is 29.2 Å². The highest BCUT2D eigenvalue weighted by Crippen LogP contribution is 2.53. The molecule has 1 heterocycles. The highest BCUT2D eigenvalue weighted by molar-refractivity contribution is 5.90. The summed E-state index contributed by atoms with van der Waals surface area (Å²) in [7, 11) is 0.844. The fourth-order valence-corrected chi connectivity index (χ4v) is 5.65. The molecule has 0 saturated heterocycles. The fraction of sp³-hybridized carbons (Fsp3) is 0.464. The van der Waals surface area contributed by atoms with Gasteiger partial charge in [0.25, 0.3) is 0 Å². The molecule has 246 valence electrons. The molecule has 1 N–H and O–H groups in total. The first-order chi connectivity index (χ1) is 20.8. The van der Waals surface area contributed by atoms with Crippen LogP contribution in [0.15, 0.2) is 36.4 Å². The minimum absolute atomic E-state index is 0.00800. The van der Waals surface area contributed by atoms with Gasteiger partial charge in [-0.15, -0.1) is 0 Å². The molecule has 1 fully saturated rings. The van der Waals surface area contributed by atoms with Crippen molar-refractivity contribution in [2.45, 2.75) is 56.9 Å². The third-order valence-electron chi connectivity index (χ3n) is 7.68. The molecule has 2 amide bonds. The molecule has 1 saturated carbocycles. The second-order valence-corrected chi connectivity index (χ2v) is 10.5. The number of carbonyl (C=O) groups excluding carboxylic acids is 2. The number of methoxy groups -OCH3 is 1. The number of alkyl halides is 9. The Balaban J connectivity index is 1.88. The molecule has 2 aromatic carbocycles. The summed E-state index contributed by atoms with van der Waals surface area (Å²) in [5.41, 5.74) is -6.03. The van der Waals surface area contributed by atoms with E-state index < -0.39 is 101 Å². The smallest absolute Gasteiger partial charge is 0.416 e. The Hall–Kier alpha value is -4.18. The summed E-state index contributed by atoms with van der Waals surface area (Å²) in [6.07, 6.45) is -18.7. The van der Waals surface area contributed by atoms with E-state index in [9.17, 15) is 59.0 Å². The van der Waals surface area contributed by atoms with Crippen LogP contribution >= 0.6 is 0 Å². The summed E-state index contributed by atoms with van der Waals surface area (Å²) in [5, 5.41) is 10.1. The lowest BCUT2D eigenvalue weighted by atomic mass is 9.86. The van der Waals surface area contributed by atoms with Gasteiger partial charge < -0.3 is 14.6 Å². The first-order valence-electron chi connectivity index (χ1n) is 13.3. The van der Waals surface area contributed by atoms with E-state index in [1.165, 1.54) is 6.92 Å². The van der Waals surface area contributed by atoms with Crippen LogP contribution in [0.5, 0.6) is 0 Å². The molecule has 45 heavy (non-hydrogen) atoms. The molecular formula is C28H25F9N2O6. The van der Waals surface area contributed by atoms with Crippen molar-refractivity contribution in [1.29, 1.82) is 0 Å². The number of rotatable bonds is 6. The SMILES string of the molecule is CCOC(=O)C1CC1C1CC(N(Cc2cc(C(F)(F)F)cc(C(F)(F)F)c2)C(=O)OC)c2cc(C(F)(F)F)ccc2N1C(=O)O. The van der Waals surface area contributed by atoms with Crippen LogP contribution in [-0.4, -0.2) is 47.9 Å². The zero-order valence-electron chi connectivity index (χ0n) is 23.4. The molecule has 17 heteroatoms. The minimum atomic E-state index is -5.23. The van der Waals surface area contributed by atoms with Crippen LogP contribution in [0.4, 0.5) is 54.8 Å². The molecule has 4 rings (SSSR count). The van der Waals surface area contributed by atoms with Gasteiger partial charge in [0.1, 0.15) is 0 Å². The number of hydrogen-bond donors (Lipinski definition) is 1. The average Bonchev–Trinajstić information content (AvgIpc) is 3.74. The lowest BCUT2D eigenvalue weighted by Gasteiger charge is -2.43. The quantitative estimate of drug-likeness (QED) is 0.256. The molecular weight excluding hydrogens is 631 g/mol. The van der Waals surface area contributed by atoms with Gasteiger partial charge in [0.05, 0.1) is 48.1 Å². The Labute approximate surface area is 249 Å². The Morgan fingerprint density at radius 2 is 1.47 bits per heavy atom. The Morgan fingerprint density at radius 3 is 1.96 bits per heavy atom. The average molecular weight is 656 g/mol. The first-order valence-corrected chi connectivity index (χ1v) is 13.3. The van der Waals surface area contributed by atoms with Gasteiger partial charge in [0, 0.05) is 12.6 Å². The molecule has 8 nitrogen and oxygen atoms in total. The van der Waals surface area contributed by atoms with Crippen LogP contribution in [0.1, 0.15) is 53.6 Å². The van der Waals surface area contributed by atoms with Gasteiger partial charge in [0.2, 0.25) is 0 Å². The largest absolute Gasteiger partial charge is 0.466 e. The van der Waals surface area contributed by atoms with Gasteiger partial charge in [-0.05, 0) is 73.2 Å². The monoisotopic (exact) mass is 656 g/mol. The molecule has 2 aliphatic rings.